The van der Waals surface area contributed by atoms with E-state index in [2.05, 4.69) is 25.7 Å². The van der Waals surface area contributed by atoms with Gasteiger partial charge in [0.1, 0.15) is 0 Å². The van der Waals surface area contributed by atoms with E-state index in [0.717, 1.165) is 38.9 Å². The monoisotopic (exact) mass is 299 g/mol. The maximum Gasteiger partial charge on any atom is 0.0971 e. The molecule has 0 aromatic rings. The summed E-state index contributed by atoms with van der Waals surface area (Å²) in [6, 6.07) is 0. The summed E-state index contributed by atoms with van der Waals surface area (Å²) in [5.41, 5.74) is 0.341. The summed E-state index contributed by atoms with van der Waals surface area (Å²) in [6.45, 7) is 9.77. The minimum atomic E-state index is -0.147. The molecule has 1 aliphatic heterocycles. The second kappa shape index (κ2) is 6.95. The largest absolute Gasteiger partial charge is 0.393 e. The fourth-order valence-electron chi connectivity index (χ4n) is 3.98. The molecule has 2 aliphatic rings. The van der Waals surface area contributed by atoms with E-state index < -0.39 is 0 Å². The van der Waals surface area contributed by atoms with Crippen molar-refractivity contribution in [2.24, 2.45) is 17.3 Å². The van der Waals surface area contributed by atoms with E-state index in [1.807, 2.05) is 0 Å². The van der Waals surface area contributed by atoms with Crippen molar-refractivity contribution in [2.75, 3.05) is 33.9 Å². The number of hydrogen-bond acceptors (Lipinski definition) is 4. The Balaban J connectivity index is 1.92. The molecular formula is C17H33NO3. The van der Waals surface area contributed by atoms with E-state index in [9.17, 15) is 5.11 Å². The van der Waals surface area contributed by atoms with Crippen molar-refractivity contribution in [3.8, 4) is 0 Å². The van der Waals surface area contributed by atoms with E-state index >= 15 is 0 Å². The van der Waals surface area contributed by atoms with Crippen molar-refractivity contribution >= 4 is 0 Å². The summed E-state index contributed by atoms with van der Waals surface area (Å²) in [4.78, 5) is 2.40. The molecule has 0 aromatic heterocycles. The third-order valence-electron chi connectivity index (χ3n) is 5.56. The smallest absolute Gasteiger partial charge is 0.0971 e. The first-order valence-corrected chi connectivity index (χ1v) is 8.31. The molecule has 1 aliphatic carbocycles. The van der Waals surface area contributed by atoms with Crippen LogP contribution < -0.4 is 0 Å². The zero-order chi connectivity index (χ0) is 15.6. The highest BCUT2D eigenvalue weighted by atomic mass is 16.5. The molecule has 1 heterocycles. The number of methoxy groups -OCH3 is 2. The lowest BCUT2D eigenvalue weighted by Gasteiger charge is -2.41. The Bertz CT molecular complexity index is 316. The maximum absolute atomic E-state index is 10.4. The molecule has 1 N–H and O–H groups in total. The topological polar surface area (TPSA) is 41.9 Å². The molecule has 2 rings (SSSR count). The standard InChI is InChI=1S/C17H33NO3/c1-17(2,3)13-6-7-14(19)12(8-13)9-18-10-15(20-4)16(11-18)21-5/h12-16,19H,6-11H2,1-5H3. The van der Waals surface area contributed by atoms with Gasteiger partial charge in [0.25, 0.3) is 0 Å². The highest BCUT2D eigenvalue weighted by Crippen LogP contribution is 2.40. The van der Waals surface area contributed by atoms with Crippen molar-refractivity contribution in [1.29, 1.82) is 0 Å². The number of aliphatic hydroxyl groups is 1. The van der Waals surface area contributed by atoms with Gasteiger partial charge in [0.15, 0.2) is 0 Å². The number of aliphatic hydroxyl groups excluding tert-OH is 1. The number of likely N-dealkylation sites (tertiary alicyclic amines) is 1. The number of rotatable bonds is 4. The van der Waals surface area contributed by atoms with Crippen molar-refractivity contribution in [2.45, 2.75) is 58.3 Å². The first-order chi connectivity index (χ1) is 9.85. The van der Waals surface area contributed by atoms with Crippen LogP contribution in [0.5, 0.6) is 0 Å². The van der Waals surface area contributed by atoms with E-state index in [4.69, 9.17) is 9.47 Å². The third-order valence-corrected chi connectivity index (χ3v) is 5.56. The lowest BCUT2D eigenvalue weighted by atomic mass is 9.68. The summed E-state index contributed by atoms with van der Waals surface area (Å²) in [7, 11) is 3.51. The summed E-state index contributed by atoms with van der Waals surface area (Å²) in [5.74, 6) is 1.10. The van der Waals surface area contributed by atoms with Crippen molar-refractivity contribution in [1.82, 2.24) is 4.90 Å². The molecule has 5 atom stereocenters. The fraction of sp³-hybridized carbons (Fsp3) is 1.00. The Morgan fingerprint density at radius 2 is 1.62 bits per heavy atom. The zero-order valence-corrected chi connectivity index (χ0v) is 14.3. The average molecular weight is 299 g/mol. The molecule has 1 saturated heterocycles. The minimum Gasteiger partial charge on any atom is -0.393 e. The van der Waals surface area contributed by atoms with Crippen LogP contribution in [0.2, 0.25) is 0 Å². The Kier molecular flexibility index (Phi) is 5.69. The highest BCUT2D eigenvalue weighted by Gasteiger charge is 2.39. The Morgan fingerprint density at radius 3 is 2.10 bits per heavy atom. The molecular weight excluding hydrogens is 266 g/mol. The molecule has 0 spiro atoms. The first-order valence-electron chi connectivity index (χ1n) is 8.31. The van der Waals surface area contributed by atoms with Gasteiger partial charge in [0.05, 0.1) is 18.3 Å². The Labute approximate surface area is 129 Å². The van der Waals surface area contributed by atoms with Crippen LogP contribution in [0, 0.1) is 17.3 Å². The second-order valence-electron chi connectivity index (χ2n) is 7.97. The lowest BCUT2D eigenvalue weighted by molar-refractivity contribution is -0.00461. The third kappa shape index (κ3) is 4.19. The quantitative estimate of drug-likeness (QED) is 0.864. The summed E-state index contributed by atoms with van der Waals surface area (Å²) < 4.78 is 11.0. The van der Waals surface area contributed by atoms with Crippen LogP contribution in [0.15, 0.2) is 0 Å². The molecule has 4 heteroatoms. The van der Waals surface area contributed by atoms with E-state index in [0.29, 0.717) is 17.3 Å². The summed E-state index contributed by atoms with van der Waals surface area (Å²) >= 11 is 0. The van der Waals surface area contributed by atoms with Crippen LogP contribution in [-0.4, -0.2) is 62.2 Å². The molecule has 0 amide bonds. The van der Waals surface area contributed by atoms with Gasteiger partial charge in [-0.1, -0.05) is 20.8 Å². The van der Waals surface area contributed by atoms with Crippen LogP contribution in [0.4, 0.5) is 0 Å². The molecule has 21 heavy (non-hydrogen) atoms. The SMILES string of the molecule is COC1CN(CC2CC(C(C)(C)C)CCC2O)CC1OC. The molecule has 5 unspecified atom stereocenters. The normalized spacial score (nSPS) is 38.9. The van der Waals surface area contributed by atoms with Crippen LogP contribution in [0.1, 0.15) is 40.0 Å². The maximum atomic E-state index is 10.4. The highest BCUT2D eigenvalue weighted by molar-refractivity contribution is 4.91. The fourth-order valence-corrected chi connectivity index (χ4v) is 3.98. The summed E-state index contributed by atoms with van der Waals surface area (Å²) in [5, 5.41) is 10.4. The first kappa shape index (κ1) is 17.2. The molecule has 0 radical (unpaired) electrons. The molecule has 0 bridgehead atoms. The van der Waals surface area contributed by atoms with Gasteiger partial charge < -0.3 is 14.6 Å². The zero-order valence-electron chi connectivity index (χ0n) is 14.3. The van der Waals surface area contributed by atoms with Gasteiger partial charge in [0, 0.05) is 33.9 Å². The predicted molar refractivity (Wildman–Crippen MR) is 84.3 cm³/mol. The Hall–Kier alpha value is -0.160. The van der Waals surface area contributed by atoms with Crippen LogP contribution in [0.25, 0.3) is 0 Å². The van der Waals surface area contributed by atoms with Crippen LogP contribution in [0.3, 0.4) is 0 Å². The second-order valence-corrected chi connectivity index (χ2v) is 7.97. The van der Waals surface area contributed by atoms with E-state index in [1.54, 1.807) is 14.2 Å². The van der Waals surface area contributed by atoms with Gasteiger partial charge in [-0.15, -0.1) is 0 Å². The molecule has 4 nitrogen and oxygen atoms in total. The van der Waals surface area contributed by atoms with E-state index in [-0.39, 0.29) is 18.3 Å². The molecule has 124 valence electrons. The van der Waals surface area contributed by atoms with Crippen molar-refractivity contribution in [3.63, 3.8) is 0 Å². The van der Waals surface area contributed by atoms with Gasteiger partial charge in [-0.25, -0.2) is 0 Å². The number of nitrogens with zero attached hydrogens (tertiary/aromatic N) is 1. The lowest BCUT2D eigenvalue weighted by Crippen LogP contribution is -2.41. The van der Waals surface area contributed by atoms with E-state index in [1.165, 1.54) is 0 Å². The van der Waals surface area contributed by atoms with Gasteiger partial charge in [-0.3, -0.25) is 4.90 Å². The number of ether oxygens (including phenoxy) is 2. The number of hydrogen-bond donors (Lipinski definition) is 1. The molecule has 2 fully saturated rings. The predicted octanol–water partition coefficient (Wildman–Crippen LogP) is 2.16. The Morgan fingerprint density at radius 1 is 1.05 bits per heavy atom. The summed E-state index contributed by atoms with van der Waals surface area (Å²) in [6.07, 6.45) is 3.41. The van der Waals surface area contributed by atoms with Gasteiger partial charge >= 0.3 is 0 Å². The van der Waals surface area contributed by atoms with Gasteiger partial charge in [0.2, 0.25) is 0 Å². The van der Waals surface area contributed by atoms with Crippen molar-refractivity contribution in [3.05, 3.63) is 0 Å². The van der Waals surface area contributed by atoms with Crippen LogP contribution >= 0.6 is 0 Å². The van der Waals surface area contributed by atoms with Crippen molar-refractivity contribution < 1.29 is 14.6 Å². The molecule has 0 aromatic carbocycles. The van der Waals surface area contributed by atoms with Gasteiger partial charge in [-0.05, 0) is 36.5 Å². The van der Waals surface area contributed by atoms with Gasteiger partial charge in [-0.2, -0.15) is 0 Å². The van der Waals surface area contributed by atoms with Crippen LogP contribution in [-0.2, 0) is 9.47 Å². The average Bonchev–Trinajstić information content (AvgIpc) is 2.82. The minimum absolute atomic E-state index is 0.147. The molecule has 1 saturated carbocycles.